The van der Waals surface area contributed by atoms with Crippen LogP contribution in [-0.4, -0.2) is 56.4 Å². The van der Waals surface area contributed by atoms with Gasteiger partial charge in [-0.1, -0.05) is 0 Å². The van der Waals surface area contributed by atoms with Crippen LogP contribution in [0.15, 0.2) is 12.1 Å². The van der Waals surface area contributed by atoms with E-state index in [0.29, 0.717) is 23.0 Å². The van der Waals surface area contributed by atoms with Gasteiger partial charge in [-0.3, -0.25) is 4.79 Å². The first-order chi connectivity index (χ1) is 11.2. The van der Waals surface area contributed by atoms with Gasteiger partial charge in [0.05, 0.1) is 32.6 Å². The number of hydrogen-bond acceptors (Lipinski definition) is 6. The van der Waals surface area contributed by atoms with Gasteiger partial charge in [-0.05, 0) is 18.4 Å². The third kappa shape index (κ3) is 4.01. The van der Waals surface area contributed by atoms with Crippen LogP contribution < -0.4 is 14.2 Å². The second kappa shape index (κ2) is 8.59. The number of ether oxygens (including phenoxy) is 3. The number of carbonyl (C=O) groups is 1. The molecule has 1 aliphatic heterocycles. The van der Waals surface area contributed by atoms with Crippen molar-refractivity contribution in [3.05, 3.63) is 17.7 Å². The van der Waals surface area contributed by atoms with E-state index in [1.54, 1.807) is 44.9 Å². The topological polar surface area (TPSA) is 48.0 Å². The highest BCUT2D eigenvalue weighted by molar-refractivity contribution is 8.00. The second-order valence-corrected chi connectivity index (χ2v) is 7.10. The van der Waals surface area contributed by atoms with E-state index in [0.717, 1.165) is 24.3 Å². The van der Waals surface area contributed by atoms with Crippen molar-refractivity contribution in [2.24, 2.45) is 0 Å². The molecule has 1 aromatic rings. The third-order valence-corrected chi connectivity index (χ3v) is 5.63. The summed E-state index contributed by atoms with van der Waals surface area (Å²) in [5.41, 5.74) is 0.899. The van der Waals surface area contributed by atoms with Crippen molar-refractivity contribution in [3.63, 3.8) is 0 Å². The molecule has 1 atom stereocenters. The molecule has 1 amide bonds. The molecule has 0 N–H and O–H groups in total. The summed E-state index contributed by atoms with van der Waals surface area (Å²) in [6, 6.07) is 3.67. The molecule has 0 aliphatic carbocycles. The molecule has 1 fully saturated rings. The summed E-state index contributed by atoms with van der Waals surface area (Å²) >= 11 is 3.40. The smallest absolute Gasteiger partial charge is 0.233 e. The van der Waals surface area contributed by atoms with Crippen molar-refractivity contribution < 1.29 is 19.0 Å². The molecule has 0 spiro atoms. The lowest BCUT2D eigenvalue weighted by Crippen LogP contribution is -2.30. The minimum atomic E-state index is -0.0832. The Hall–Kier alpha value is -1.21. The molecule has 0 aromatic heterocycles. The lowest BCUT2D eigenvalue weighted by Gasteiger charge is -2.27. The van der Waals surface area contributed by atoms with Gasteiger partial charge in [-0.25, -0.2) is 0 Å². The quantitative estimate of drug-likeness (QED) is 0.667. The van der Waals surface area contributed by atoms with Crippen molar-refractivity contribution in [2.45, 2.75) is 11.8 Å². The predicted molar refractivity (Wildman–Crippen MR) is 96.0 cm³/mol. The molecular weight excluding hydrogens is 334 g/mol. The highest BCUT2D eigenvalue weighted by atomic mass is 32.2. The maximum Gasteiger partial charge on any atom is 0.233 e. The minimum absolute atomic E-state index is 0.0832. The van der Waals surface area contributed by atoms with Crippen molar-refractivity contribution in [1.82, 2.24) is 4.90 Å². The molecule has 1 saturated heterocycles. The Bertz CT molecular complexity index is 528. The summed E-state index contributed by atoms with van der Waals surface area (Å²) in [4.78, 5) is 14.2. The van der Waals surface area contributed by atoms with E-state index in [1.165, 1.54) is 0 Å². The van der Waals surface area contributed by atoms with Gasteiger partial charge in [0.2, 0.25) is 5.91 Å². The van der Waals surface area contributed by atoms with Crippen LogP contribution in [0.1, 0.15) is 17.4 Å². The first kappa shape index (κ1) is 18.1. The Morgan fingerprint density at radius 2 is 1.87 bits per heavy atom. The summed E-state index contributed by atoms with van der Waals surface area (Å²) in [6.45, 7) is 0.746. The van der Waals surface area contributed by atoms with E-state index in [1.807, 2.05) is 17.0 Å². The van der Waals surface area contributed by atoms with E-state index >= 15 is 0 Å². The summed E-state index contributed by atoms with van der Waals surface area (Å²) in [6.07, 6.45) is 3.05. The molecule has 7 heteroatoms. The zero-order chi connectivity index (χ0) is 16.8. The van der Waals surface area contributed by atoms with Gasteiger partial charge in [0.15, 0.2) is 0 Å². The molecule has 128 valence electrons. The number of thioether (sulfide) groups is 2. The first-order valence-electron chi connectivity index (χ1n) is 7.36. The number of nitrogens with zero attached hydrogens (tertiary/aromatic N) is 1. The number of rotatable bonds is 8. The number of amides is 1. The van der Waals surface area contributed by atoms with Crippen LogP contribution >= 0.6 is 23.5 Å². The van der Waals surface area contributed by atoms with Crippen LogP contribution in [0, 0.1) is 0 Å². The molecule has 1 aliphatic rings. The molecule has 23 heavy (non-hydrogen) atoms. The summed E-state index contributed by atoms with van der Waals surface area (Å²) < 4.78 is 16.4. The highest BCUT2D eigenvalue weighted by Gasteiger charge is 2.36. The summed E-state index contributed by atoms with van der Waals surface area (Å²) in [5.74, 6) is 3.73. The minimum Gasteiger partial charge on any atom is -0.496 e. The zero-order valence-corrected chi connectivity index (χ0v) is 15.6. The Morgan fingerprint density at radius 3 is 2.39 bits per heavy atom. The van der Waals surface area contributed by atoms with Crippen LogP contribution in [0.4, 0.5) is 0 Å². The van der Waals surface area contributed by atoms with Gasteiger partial charge in [0.1, 0.15) is 22.6 Å². The van der Waals surface area contributed by atoms with E-state index in [4.69, 9.17) is 14.2 Å². The van der Waals surface area contributed by atoms with Crippen LogP contribution in [0.25, 0.3) is 0 Å². The number of carbonyl (C=O) groups excluding carboxylic acids is 1. The maximum absolute atomic E-state index is 12.3. The van der Waals surface area contributed by atoms with Gasteiger partial charge < -0.3 is 19.1 Å². The predicted octanol–water partition coefficient (Wildman–Crippen LogP) is 3.04. The third-order valence-electron chi connectivity index (χ3n) is 3.72. The Morgan fingerprint density at radius 1 is 1.22 bits per heavy atom. The van der Waals surface area contributed by atoms with Gasteiger partial charge in [0, 0.05) is 18.7 Å². The molecule has 1 unspecified atom stereocenters. The lowest BCUT2D eigenvalue weighted by atomic mass is 10.1. The molecule has 0 radical (unpaired) electrons. The van der Waals surface area contributed by atoms with Crippen LogP contribution in [0.3, 0.4) is 0 Å². The van der Waals surface area contributed by atoms with Crippen molar-refractivity contribution >= 4 is 29.4 Å². The van der Waals surface area contributed by atoms with Gasteiger partial charge in [-0.2, -0.15) is 11.8 Å². The number of benzene rings is 1. The molecule has 5 nitrogen and oxygen atoms in total. The lowest BCUT2D eigenvalue weighted by molar-refractivity contribution is -0.128. The fourth-order valence-electron chi connectivity index (χ4n) is 2.59. The van der Waals surface area contributed by atoms with Gasteiger partial charge in [-0.15, -0.1) is 11.8 Å². The van der Waals surface area contributed by atoms with Crippen LogP contribution in [0.2, 0.25) is 0 Å². The molecule has 1 aromatic carbocycles. The second-order valence-electron chi connectivity index (χ2n) is 5.04. The SMILES string of the molecule is COc1cc(OC)c(C2SCC(=O)N2CCCSC)c(OC)c1. The van der Waals surface area contributed by atoms with Crippen molar-refractivity contribution in [3.8, 4) is 17.2 Å². The van der Waals surface area contributed by atoms with Crippen LogP contribution in [0.5, 0.6) is 17.2 Å². The average molecular weight is 357 g/mol. The zero-order valence-electron chi connectivity index (χ0n) is 14.0. The number of methoxy groups -OCH3 is 3. The molecule has 1 heterocycles. The van der Waals surface area contributed by atoms with Gasteiger partial charge in [0.25, 0.3) is 0 Å². The summed E-state index contributed by atoms with van der Waals surface area (Å²) in [5, 5.41) is -0.0832. The molecular formula is C16H23NO4S2. The van der Waals surface area contributed by atoms with Crippen molar-refractivity contribution in [2.75, 3.05) is 45.6 Å². The fraction of sp³-hybridized carbons (Fsp3) is 0.562. The standard InChI is InChI=1S/C16H23NO4S2/c1-19-11-8-12(20-2)15(13(9-11)21-3)16-17(6-5-7-22-4)14(18)10-23-16/h8-9,16H,5-7,10H2,1-4H3. The van der Waals surface area contributed by atoms with Crippen molar-refractivity contribution in [1.29, 1.82) is 0 Å². The molecule has 0 saturated carbocycles. The van der Waals surface area contributed by atoms with E-state index < -0.39 is 0 Å². The summed E-state index contributed by atoms with van der Waals surface area (Å²) in [7, 11) is 4.85. The molecule has 2 rings (SSSR count). The molecule has 0 bridgehead atoms. The van der Waals surface area contributed by atoms with E-state index in [-0.39, 0.29) is 11.3 Å². The van der Waals surface area contributed by atoms with Gasteiger partial charge >= 0.3 is 0 Å². The van der Waals surface area contributed by atoms with E-state index in [2.05, 4.69) is 6.26 Å². The Kier molecular flexibility index (Phi) is 6.77. The first-order valence-corrected chi connectivity index (χ1v) is 9.80. The maximum atomic E-state index is 12.3. The Labute approximate surface area is 146 Å². The van der Waals surface area contributed by atoms with Crippen LogP contribution in [-0.2, 0) is 4.79 Å². The number of hydrogen-bond donors (Lipinski definition) is 0. The largest absolute Gasteiger partial charge is 0.496 e. The fourth-order valence-corrected chi connectivity index (χ4v) is 4.28. The average Bonchev–Trinajstić information content (AvgIpc) is 2.94. The highest BCUT2D eigenvalue weighted by Crippen LogP contribution is 2.48. The Balaban J connectivity index is 2.36. The normalized spacial score (nSPS) is 17.5. The monoisotopic (exact) mass is 357 g/mol. The van der Waals surface area contributed by atoms with E-state index in [9.17, 15) is 4.79 Å².